The molecule has 1 fully saturated rings. The van der Waals surface area contributed by atoms with E-state index in [4.69, 9.17) is 15.2 Å². The van der Waals surface area contributed by atoms with Crippen LogP contribution >= 0.6 is 0 Å². The van der Waals surface area contributed by atoms with E-state index in [-0.39, 0.29) is 25.0 Å². The van der Waals surface area contributed by atoms with Crippen molar-refractivity contribution >= 4 is 0 Å². The largest absolute Gasteiger partial charge is 0.482 e. The third-order valence-electron chi connectivity index (χ3n) is 2.76. The van der Waals surface area contributed by atoms with Gasteiger partial charge in [-0.15, -0.1) is 0 Å². The van der Waals surface area contributed by atoms with E-state index in [0.29, 0.717) is 5.56 Å². The van der Waals surface area contributed by atoms with E-state index in [2.05, 4.69) is 0 Å². The highest BCUT2D eigenvalue weighted by Crippen LogP contribution is 2.24. The minimum atomic E-state index is -0.706. The molecule has 1 aliphatic rings. The number of aliphatic hydroxyl groups is 1. The van der Waals surface area contributed by atoms with Crippen LogP contribution in [0.25, 0.3) is 0 Å². The summed E-state index contributed by atoms with van der Waals surface area (Å²) in [6.45, 7) is 2.28. The Balaban J connectivity index is 2.11. The highest BCUT2D eigenvalue weighted by atomic mass is 19.1. The van der Waals surface area contributed by atoms with Crippen LogP contribution in [0.3, 0.4) is 0 Å². The average Bonchev–Trinajstić information content (AvgIpc) is 2.67. The Hall–Kier alpha value is -1.17. The van der Waals surface area contributed by atoms with Gasteiger partial charge in [-0.2, -0.15) is 0 Å². The molecule has 1 heterocycles. The molecule has 3 atom stereocenters. The molecule has 2 rings (SSSR count). The van der Waals surface area contributed by atoms with Crippen molar-refractivity contribution in [3.8, 4) is 5.75 Å². The van der Waals surface area contributed by atoms with E-state index < -0.39 is 18.0 Å². The molecule has 5 heteroatoms. The minimum Gasteiger partial charge on any atom is -0.482 e. The van der Waals surface area contributed by atoms with Gasteiger partial charge in [-0.1, -0.05) is 6.07 Å². The zero-order chi connectivity index (χ0) is 12.4. The van der Waals surface area contributed by atoms with Crippen LogP contribution in [-0.2, 0) is 4.74 Å². The first-order valence-electron chi connectivity index (χ1n) is 5.55. The summed E-state index contributed by atoms with van der Waals surface area (Å²) in [7, 11) is 0. The summed E-state index contributed by atoms with van der Waals surface area (Å²) < 4.78 is 24.1. The van der Waals surface area contributed by atoms with Gasteiger partial charge < -0.3 is 20.3 Å². The SMILES string of the molecule is C[C@@H](N)c1ccc(OC2COCC2O)c(F)c1. The molecule has 1 aliphatic heterocycles. The highest BCUT2D eigenvalue weighted by Gasteiger charge is 2.28. The second-order valence-electron chi connectivity index (χ2n) is 4.24. The average molecular weight is 241 g/mol. The maximum Gasteiger partial charge on any atom is 0.165 e. The molecular weight excluding hydrogens is 225 g/mol. The maximum atomic E-state index is 13.7. The summed E-state index contributed by atoms with van der Waals surface area (Å²) in [6, 6.07) is 4.37. The fourth-order valence-electron chi connectivity index (χ4n) is 1.69. The maximum absolute atomic E-state index is 13.7. The van der Waals surface area contributed by atoms with Crippen LogP contribution in [-0.4, -0.2) is 30.5 Å². The molecular formula is C12H16FNO3. The summed E-state index contributed by atoms with van der Waals surface area (Å²) in [6.07, 6.45) is -1.21. The number of aliphatic hydroxyl groups excluding tert-OH is 1. The molecule has 0 radical (unpaired) electrons. The third kappa shape index (κ3) is 2.74. The van der Waals surface area contributed by atoms with E-state index >= 15 is 0 Å². The molecule has 4 nitrogen and oxygen atoms in total. The van der Waals surface area contributed by atoms with Crippen LogP contribution in [0.2, 0.25) is 0 Å². The molecule has 2 unspecified atom stereocenters. The van der Waals surface area contributed by atoms with Crippen LogP contribution in [0, 0.1) is 5.82 Å². The number of ether oxygens (including phenoxy) is 2. The lowest BCUT2D eigenvalue weighted by molar-refractivity contribution is 0.0707. The summed E-state index contributed by atoms with van der Waals surface area (Å²) in [4.78, 5) is 0. The van der Waals surface area contributed by atoms with Gasteiger partial charge in [-0.05, 0) is 24.6 Å². The van der Waals surface area contributed by atoms with Crippen molar-refractivity contribution in [3.63, 3.8) is 0 Å². The van der Waals surface area contributed by atoms with Crippen LogP contribution in [0.5, 0.6) is 5.75 Å². The van der Waals surface area contributed by atoms with E-state index in [0.717, 1.165) is 0 Å². The molecule has 0 spiro atoms. The smallest absolute Gasteiger partial charge is 0.165 e. The fourth-order valence-corrected chi connectivity index (χ4v) is 1.69. The van der Waals surface area contributed by atoms with Crippen molar-refractivity contribution in [1.82, 2.24) is 0 Å². The Labute approximate surface area is 99.1 Å². The van der Waals surface area contributed by atoms with E-state index in [1.54, 1.807) is 13.0 Å². The van der Waals surface area contributed by atoms with Crippen molar-refractivity contribution < 1.29 is 19.0 Å². The van der Waals surface area contributed by atoms with Gasteiger partial charge in [-0.25, -0.2) is 4.39 Å². The molecule has 0 bridgehead atoms. The number of rotatable bonds is 3. The van der Waals surface area contributed by atoms with Gasteiger partial charge in [0.25, 0.3) is 0 Å². The van der Waals surface area contributed by atoms with Gasteiger partial charge in [0.05, 0.1) is 13.2 Å². The second-order valence-corrected chi connectivity index (χ2v) is 4.24. The molecule has 94 valence electrons. The standard InChI is InChI=1S/C12H16FNO3/c1-7(14)8-2-3-11(9(13)4-8)17-12-6-16-5-10(12)15/h2-4,7,10,12,15H,5-6,14H2,1H3/t7-,10?,12?/m1/s1. The quantitative estimate of drug-likeness (QED) is 0.828. The third-order valence-corrected chi connectivity index (χ3v) is 2.76. The minimum absolute atomic E-state index is 0.115. The first-order chi connectivity index (χ1) is 8.08. The molecule has 1 saturated heterocycles. The Morgan fingerprint density at radius 3 is 2.82 bits per heavy atom. The van der Waals surface area contributed by atoms with Crippen molar-refractivity contribution in [2.75, 3.05) is 13.2 Å². The topological polar surface area (TPSA) is 64.7 Å². The molecule has 0 aromatic heterocycles. The van der Waals surface area contributed by atoms with Crippen LogP contribution in [0.15, 0.2) is 18.2 Å². The summed E-state index contributed by atoms with van der Waals surface area (Å²) in [5.41, 5.74) is 6.36. The van der Waals surface area contributed by atoms with E-state index in [1.165, 1.54) is 12.1 Å². The second kappa shape index (κ2) is 5.00. The van der Waals surface area contributed by atoms with Crippen LogP contribution < -0.4 is 10.5 Å². The van der Waals surface area contributed by atoms with Gasteiger partial charge in [-0.3, -0.25) is 0 Å². The Kier molecular flexibility index (Phi) is 3.61. The molecule has 0 saturated carbocycles. The summed E-state index contributed by atoms with van der Waals surface area (Å²) >= 11 is 0. The zero-order valence-corrected chi connectivity index (χ0v) is 9.60. The Bertz CT molecular complexity index is 397. The van der Waals surface area contributed by atoms with Crippen molar-refractivity contribution in [2.45, 2.75) is 25.2 Å². The number of benzene rings is 1. The Morgan fingerprint density at radius 1 is 1.53 bits per heavy atom. The zero-order valence-electron chi connectivity index (χ0n) is 9.60. The Morgan fingerprint density at radius 2 is 2.29 bits per heavy atom. The van der Waals surface area contributed by atoms with Gasteiger partial charge in [0.1, 0.15) is 6.10 Å². The predicted molar refractivity (Wildman–Crippen MR) is 60.2 cm³/mol. The number of hydrogen-bond acceptors (Lipinski definition) is 4. The molecule has 1 aromatic rings. The molecule has 0 aliphatic carbocycles. The first kappa shape index (κ1) is 12.3. The van der Waals surface area contributed by atoms with Crippen LogP contribution in [0.4, 0.5) is 4.39 Å². The number of halogens is 1. The monoisotopic (exact) mass is 241 g/mol. The number of nitrogens with two attached hydrogens (primary N) is 1. The van der Waals surface area contributed by atoms with E-state index in [1.807, 2.05) is 0 Å². The van der Waals surface area contributed by atoms with Gasteiger partial charge in [0.15, 0.2) is 17.7 Å². The summed E-state index contributed by atoms with van der Waals surface area (Å²) in [5.74, 6) is -0.358. The predicted octanol–water partition coefficient (Wildman–Crippen LogP) is 0.984. The van der Waals surface area contributed by atoms with Crippen molar-refractivity contribution in [2.24, 2.45) is 5.73 Å². The molecule has 3 N–H and O–H groups in total. The molecule has 0 amide bonds. The normalized spacial score (nSPS) is 25.9. The van der Waals surface area contributed by atoms with E-state index in [9.17, 15) is 9.50 Å². The number of hydrogen-bond donors (Lipinski definition) is 2. The molecule has 1 aromatic carbocycles. The highest BCUT2D eigenvalue weighted by molar-refractivity contribution is 5.31. The fraction of sp³-hybridized carbons (Fsp3) is 0.500. The van der Waals surface area contributed by atoms with Gasteiger partial charge in [0.2, 0.25) is 0 Å². The summed E-state index contributed by atoms with van der Waals surface area (Å²) in [5, 5.41) is 9.49. The van der Waals surface area contributed by atoms with Crippen LogP contribution in [0.1, 0.15) is 18.5 Å². The molecule has 17 heavy (non-hydrogen) atoms. The van der Waals surface area contributed by atoms with Crippen molar-refractivity contribution in [1.29, 1.82) is 0 Å². The lowest BCUT2D eigenvalue weighted by Gasteiger charge is -2.16. The lowest BCUT2D eigenvalue weighted by Crippen LogP contribution is -2.30. The van der Waals surface area contributed by atoms with Gasteiger partial charge >= 0.3 is 0 Å². The van der Waals surface area contributed by atoms with Gasteiger partial charge in [0, 0.05) is 6.04 Å². The van der Waals surface area contributed by atoms with Crippen molar-refractivity contribution in [3.05, 3.63) is 29.6 Å². The lowest BCUT2D eigenvalue weighted by atomic mass is 10.1. The first-order valence-corrected chi connectivity index (χ1v) is 5.55.